The van der Waals surface area contributed by atoms with Gasteiger partial charge >= 0.3 is 5.97 Å². The van der Waals surface area contributed by atoms with Crippen molar-refractivity contribution >= 4 is 28.5 Å². The van der Waals surface area contributed by atoms with E-state index >= 15 is 0 Å². The average molecular weight is 286 g/mol. The first-order valence-electron chi connectivity index (χ1n) is 6.14. The Hall–Kier alpha value is -2.26. The summed E-state index contributed by atoms with van der Waals surface area (Å²) in [7, 11) is 1.91. The van der Waals surface area contributed by atoms with Crippen LogP contribution in [0.4, 0.5) is 0 Å². The normalized spacial score (nSPS) is 10.9. The zero-order valence-electron chi connectivity index (χ0n) is 10.8. The molecule has 0 aliphatic heterocycles. The SMILES string of the molecule is Cn1cc(-c2ccc(Cl)cc2)c2ccc(C(=O)O)cc21. The zero-order valence-corrected chi connectivity index (χ0v) is 11.6. The van der Waals surface area contributed by atoms with Crippen molar-refractivity contribution in [2.24, 2.45) is 7.05 Å². The molecule has 3 rings (SSSR count). The van der Waals surface area contributed by atoms with Crippen LogP contribution < -0.4 is 0 Å². The molecule has 0 aliphatic rings. The summed E-state index contributed by atoms with van der Waals surface area (Å²) in [6.07, 6.45) is 2.00. The van der Waals surface area contributed by atoms with Crippen molar-refractivity contribution in [1.82, 2.24) is 4.57 Å². The summed E-state index contributed by atoms with van der Waals surface area (Å²) in [6.45, 7) is 0. The van der Waals surface area contributed by atoms with E-state index in [2.05, 4.69) is 0 Å². The predicted octanol–water partition coefficient (Wildman–Crippen LogP) is 4.20. The molecule has 0 aliphatic carbocycles. The molecule has 2 aromatic carbocycles. The Morgan fingerprint density at radius 2 is 1.85 bits per heavy atom. The molecule has 1 heterocycles. The van der Waals surface area contributed by atoms with E-state index in [9.17, 15) is 4.79 Å². The number of fused-ring (bicyclic) bond motifs is 1. The third kappa shape index (κ3) is 2.06. The van der Waals surface area contributed by atoms with Gasteiger partial charge in [-0.2, -0.15) is 0 Å². The first-order chi connectivity index (χ1) is 9.56. The largest absolute Gasteiger partial charge is 0.478 e. The van der Waals surface area contributed by atoms with Crippen molar-refractivity contribution in [3.8, 4) is 11.1 Å². The van der Waals surface area contributed by atoms with Gasteiger partial charge in [0.25, 0.3) is 0 Å². The fourth-order valence-corrected chi connectivity index (χ4v) is 2.50. The Morgan fingerprint density at radius 3 is 2.50 bits per heavy atom. The topological polar surface area (TPSA) is 42.2 Å². The molecule has 0 saturated heterocycles. The van der Waals surface area contributed by atoms with E-state index in [4.69, 9.17) is 16.7 Å². The van der Waals surface area contributed by atoms with Crippen LogP contribution in [0.2, 0.25) is 5.02 Å². The maximum atomic E-state index is 11.0. The zero-order chi connectivity index (χ0) is 14.3. The number of aromatic carboxylic acids is 1. The fraction of sp³-hybridized carbons (Fsp3) is 0.0625. The van der Waals surface area contributed by atoms with Gasteiger partial charge in [0, 0.05) is 34.7 Å². The van der Waals surface area contributed by atoms with Gasteiger partial charge in [-0.15, -0.1) is 0 Å². The quantitative estimate of drug-likeness (QED) is 0.767. The lowest BCUT2D eigenvalue weighted by Crippen LogP contribution is -1.96. The summed E-state index contributed by atoms with van der Waals surface area (Å²) in [5.74, 6) is -0.916. The van der Waals surface area contributed by atoms with Crippen molar-refractivity contribution in [3.05, 3.63) is 59.2 Å². The van der Waals surface area contributed by atoms with Gasteiger partial charge in [0.1, 0.15) is 0 Å². The highest BCUT2D eigenvalue weighted by Gasteiger charge is 2.11. The van der Waals surface area contributed by atoms with E-state index in [1.165, 1.54) is 0 Å². The molecule has 0 fully saturated rings. The Balaban J connectivity index is 2.22. The molecule has 3 nitrogen and oxygen atoms in total. The van der Waals surface area contributed by atoms with Crippen LogP contribution in [0, 0.1) is 0 Å². The number of carboxylic acids is 1. The maximum Gasteiger partial charge on any atom is 0.335 e. The Kier molecular flexibility index (Phi) is 2.99. The van der Waals surface area contributed by atoms with Crippen molar-refractivity contribution in [1.29, 1.82) is 0 Å². The highest BCUT2D eigenvalue weighted by Crippen LogP contribution is 2.31. The highest BCUT2D eigenvalue weighted by molar-refractivity contribution is 6.30. The van der Waals surface area contributed by atoms with Gasteiger partial charge < -0.3 is 9.67 Å². The number of hydrogen-bond donors (Lipinski definition) is 1. The smallest absolute Gasteiger partial charge is 0.335 e. The van der Waals surface area contributed by atoms with E-state index in [1.54, 1.807) is 12.1 Å². The fourth-order valence-electron chi connectivity index (χ4n) is 2.38. The molecule has 20 heavy (non-hydrogen) atoms. The van der Waals surface area contributed by atoms with Crippen LogP contribution >= 0.6 is 11.6 Å². The number of rotatable bonds is 2. The van der Waals surface area contributed by atoms with Crippen LogP contribution in [0.15, 0.2) is 48.7 Å². The van der Waals surface area contributed by atoms with E-state index in [-0.39, 0.29) is 0 Å². The van der Waals surface area contributed by atoms with Crippen LogP contribution in [-0.2, 0) is 7.05 Å². The first kappa shape index (κ1) is 12.8. The van der Waals surface area contributed by atoms with E-state index in [1.807, 2.05) is 48.1 Å². The number of halogens is 1. The Morgan fingerprint density at radius 1 is 1.15 bits per heavy atom. The van der Waals surface area contributed by atoms with Crippen molar-refractivity contribution in [2.45, 2.75) is 0 Å². The number of carboxylic acid groups (broad SMARTS) is 1. The number of benzene rings is 2. The molecule has 0 radical (unpaired) electrons. The second-order valence-corrected chi connectivity index (χ2v) is 5.13. The highest BCUT2D eigenvalue weighted by atomic mass is 35.5. The Bertz CT molecular complexity index is 803. The third-order valence-electron chi connectivity index (χ3n) is 3.39. The van der Waals surface area contributed by atoms with E-state index in [0.29, 0.717) is 10.6 Å². The number of hydrogen-bond acceptors (Lipinski definition) is 1. The lowest BCUT2D eigenvalue weighted by atomic mass is 10.0. The summed E-state index contributed by atoms with van der Waals surface area (Å²) in [5.41, 5.74) is 3.32. The summed E-state index contributed by atoms with van der Waals surface area (Å²) in [6, 6.07) is 12.8. The standard InChI is InChI=1S/C16H12ClNO2/c1-18-9-14(10-2-5-12(17)6-3-10)13-7-4-11(16(19)20)8-15(13)18/h2-9H,1H3,(H,19,20). The van der Waals surface area contributed by atoms with E-state index in [0.717, 1.165) is 22.0 Å². The molecular weight excluding hydrogens is 274 g/mol. The van der Waals surface area contributed by atoms with Gasteiger partial charge in [0.05, 0.1) is 5.56 Å². The monoisotopic (exact) mass is 285 g/mol. The molecule has 0 bridgehead atoms. The lowest BCUT2D eigenvalue weighted by molar-refractivity contribution is 0.0697. The number of nitrogens with zero attached hydrogens (tertiary/aromatic N) is 1. The molecule has 0 saturated carbocycles. The summed E-state index contributed by atoms with van der Waals surface area (Å²) in [5, 5.41) is 10.8. The summed E-state index contributed by atoms with van der Waals surface area (Å²) < 4.78 is 1.94. The van der Waals surface area contributed by atoms with Gasteiger partial charge in [-0.05, 0) is 29.8 Å². The molecule has 4 heteroatoms. The Labute approximate surface area is 121 Å². The maximum absolute atomic E-state index is 11.0. The minimum atomic E-state index is -0.916. The van der Waals surface area contributed by atoms with Gasteiger partial charge in [-0.3, -0.25) is 0 Å². The second-order valence-electron chi connectivity index (χ2n) is 4.70. The van der Waals surface area contributed by atoms with Gasteiger partial charge in [0.15, 0.2) is 0 Å². The second kappa shape index (κ2) is 4.69. The van der Waals surface area contributed by atoms with Gasteiger partial charge in [-0.1, -0.05) is 29.8 Å². The lowest BCUT2D eigenvalue weighted by Gasteiger charge is -2.01. The predicted molar refractivity (Wildman–Crippen MR) is 80.3 cm³/mol. The molecule has 0 unspecified atom stereocenters. The van der Waals surface area contributed by atoms with Crippen LogP contribution in [0.1, 0.15) is 10.4 Å². The average Bonchev–Trinajstić information content (AvgIpc) is 2.76. The van der Waals surface area contributed by atoms with Crippen LogP contribution in [0.25, 0.3) is 22.0 Å². The molecule has 3 aromatic rings. The first-order valence-corrected chi connectivity index (χ1v) is 6.52. The van der Waals surface area contributed by atoms with Crippen LogP contribution in [0.3, 0.4) is 0 Å². The van der Waals surface area contributed by atoms with E-state index < -0.39 is 5.97 Å². The van der Waals surface area contributed by atoms with Crippen molar-refractivity contribution < 1.29 is 9.90 Å². The summed E-state index contributed by atoms with van der Waals surface area (Å²) in [4.78, 5) is 11.0. The third-order valence-corrected chi connectivity index (χ3v) is 3.64. The molecule has 0 amide bonds. The van der Waals surface area contributed by atoms with Crippen molar-refractivity contribution in [2.75, 3.05) is 0 Å². The molecule has 0 atom stereocenters. The summed E-state index contributed by atoms with van der Waals surface area (Å²) >= 11 is 5.91. The molecule has 0 spiro atoms. The number of carbonyl (C=O) groups is 1. The van der Waals surface area contributed by atoms with Crippen LogP contribution in [-0.4, -0.2) is 15.6 Å². The number of aryl methyl sites for hydroxylation is 1. The molecular formula is C16H12ClNO2. The molecule has 100 valence electrons. The molecule has 1 N–H and O–H groups in total. The minimum absolute atomic E-state index is 0.293. The minimum Gasteiger partial charge on any atom is -0.478 e. The molecule has 1 aromatic heterocycles. The van der Waals surface area contributed by atoms with Crippen molar-refractivity contribution in [3.63, 3.8) is 0 Å². The van der Waals surface area contributed by atoms with Gasteiger partial charge in [-0.25, -0.2) is 4.79 Å². The number of aromatic nitrogens is 1. The van der Waals surface area contributed by atoms with Crippen LogP contribution in [0.5, 0.6) is 0 Å². The van der Waals surface area contributed by atoms with Gasteiger partial charge in [0.2, 0.25) is 0 Å².